The molecule has 2 N–H and O–H groups in total. The normalized spacial score (nSPS) is 14.4. The maximum Gasteiger partial charge on any atom is 0.321 e. The molecule has 3 amide bonds. The van der Waals surface area contributed by atoms with Crippen molar-refractivity contribution >= 4 is 34.9 Å². The van der Waals surface area contributed by atoms with Crippen LogP contribution in [0.2, 0.25) is 5.02 Å². The topological polar surface area (TPSA) is 64.7 Å². The van der Waals surface area contributed by atoms with E-state index in [1.165, 1.54) is 0 Å². The number of urea groups is 1. The van der Waals surface area contributed by atoms with Gasteiger partial charge in [-0.25, -0.2) is 4.79 Å². The number of rotatable bonds is 5. The Balaban J connectivity index is 1.52. The summed E-state index contributed by atoms with van der Waals surface area (Å²) in [6.45, 7) is 8.78. The summed E-state index contributed by atoms with van der Waals surface area (Å²) in [5, 5.41) is 6.64. The Morgan fingerprint density at radius 3 is 2.30 bits per heavy atom. The summed E-state index contributed by atoms with van der Waals surface area (Å²) in [6, 6.07) is 14.6. The number of amides is 3. The van der Waals surface area contributed by atoms with Gasteiger partial charge >= 0.3 is 6.03 Å². The lowest BCUT2D eigenvalue weighted by atomic mass is 10.0. The van der Waals surface area contributed by atoms with Crippen LogP contribution in [-0.4, -0.2) is 48.6 Å². The molecule has 1 heterocycles. The van der Waals surface area contributed by atoms with E-state index < -0.39 is 0 Å². The Morgan fingerprint density at radius 1 is 1.03 bits per heavy atom. The molecular formula is C23H29ClN4O2. The molecule has 2 aromatic rings. The largest absolute Gasteiger partial charge is 0.368 e. The van der Waals surface area contributed by atoms with Gasteiger partial charge in [0.25, 0.3) is 5.91 Å². The van der Waals surface area contributed by atoms with Crippen LogP contribution in [0.5, 0.6) is 0 Å². The van der Waals surface area contributed by atoms with Gasteiger partial charge in [0.15, 0.2) is 0 Å². The molecule has 0 unspecified atom stereocenters. The van der Waals surface area contributed by atoms with Crippen LogP contribution in [0.25, 0.3) is 0 Å². The molecule has 160 valence electrons. The monoisotopic (exact) mass is 428 g/mol. The third kappa shape index (κ3) is 5.66. The SMILES string of the molecule is CCC(C)(C)NC(=O)c1ccc(NC(=O)N2CCN(c3cccc(Cl)c3)CC2)cc1. The lowest BCUT2D eigenvalue weighted by Gasteiger charge is -2.36. The van der Waals surface area contributed by atoms with Crippen LogP contribution < -0.4 is 15.5 Å². The second-order valence-corrected chi connectivity index (χ2v) is 8.59. The quantitative estimate of drug-likeness (QED) is 0.730. The number of halogens is 1. The third-order valence-electron chi connectivity index (χ3n) is 5.47. The van der Waals surface area contributed by atoms with Crippen molar-refractivity contribution in [3.8, 4) is 0 Å². The summed E-state index contributed by atoms with van der Waals surface area (Å²) < 4.78 is 0. The summed E-state index contributed by atoms with van der Waals surface area (Å²) >= 11 is 6.08. The number of carbonyl (C=O) groups is 2. The highest BCUT2D eigenvalue weighted by molar-refractivity contribution is 6.30. The Kier molecular flexibility index (Phi) is 6.87. The van der Waals surface area contributed by atoms with Gasteiger partial charge in [-0.2, -0.15) is 0 Å². The van der Waals surface area contributed by atoms with Crippen molar-refractivity contribution in [1.29, 1.82) is 0 Å². The van der Waals surface area contributed by atoms with Gasteiger partial charge in [0.1, 0.15) is 0 Å². The summed E-state index contributed by atoms with van der Waals surface area (Å²) in [6.07, 6.45) is 0.845. The van der Waals surface area contributed by atoms with Gasteiger partial charge in [-0.3, -0.25) is 4.79 Å². The fourth-order valence-corrected chi connectivity index (χ4v) is 3.40. The van der Waals surface area contributed by atoms with E-state index in [1.54, 1.807) is 29.2 Å². The fraction of sp³-hybridized carbons (Fsp3) is 0.391. The maximum absolute atomic E-state index is 12.6. The van der Waals surface area contributed by atoms with Crippen molar-refractivity contribution in [2.75, 3.05) is 36.4 Å². The van der Waals surface area contributed by atoms with Gasteiger partial charge in [0, 0.05) is 53.7 Å². The molecule has 0 radical (unpaired) electrons. The highest BCUT2D eigenvalue weighted by Crippen LogP contribution is 2.21. The second kappa shape index (κ2) is 9.39. The smallest absolute Gasteiger partial charge is 0.321 e. The zero-order chi connectivity index (χ0) is 21.7. The summed E-state index contributed by atoms with van der Waals surface area (Å²) in [4.78, 5) is 29.0. The average Bonchev–Trinajstić information content (AvgIpc) is 2.74. The second-order valence-electron chi connectivity index (χ2n) is 8.15. The van der Waals surface area contributed by atoms with Gasteiger partial charge in [-0.15, -0.1) is 0 Å². The van der Waals surface area contributed by atoms with E-state index in [0.29, 0.717) is 29.4 Å². The summed E-state index contributed by atoms with van der Waals surface area (Å²) in [7, 11) is 0. The molecule has 30 heavy (non-hydrogen) atoms. The zero-order valence-electron chi connectivity index (χ0n) is 17.7. The van der Waals surface area contributed by atoms with Crippen LogP contribution in [0.4, 0.5) is 16.2 Å². The van der Waals surface area contributed by atoms with Crippen molar-refractivity contribution in [3.63, 3.8) is 0 Å². The molecule has 6 nitrogen and oxygen atoms in total. The number of nitrogens with zero attached hydrogens (tertiary/aromatic N) is 2. The summed E-state index contributed by atoms with van der Waals surface area (Å²) in [5.74, 6) is -0.114. The zero-order valence-corrected chi connectivity index (χ0v) is 18.5. The fourth-order valence-electron chi connectivity index (χ4n) is 3.22. The number of carbonyl (C=O) groups excluding carboxylic acids is 2. The number of nitrogens with one attached hydrogen (secondary N) is 2. The first kappa shape index (κ1) is 22.0. The number of hydrogen-bond acceptors (Lipinski definition) is 3. The Morgan fingerprint density at radius 2 is 1.70 bits per heavy atom. The van der Waals surface area contributed by atoms with Crippen LogP contribution in [0.15, 0.2) is 48.5 Å². The van der Waals surface area contributed by atoms with Gasteiger partial charge < -0.3 is 20.4 Å². The van der Waals surface area contributed by atoms with E-state index in [-0.39, 0.29) is 17.5 Å². The molecule has 3 rings (SSSR count). The van der Waals surface area contributed by atoms with Crippen LogP contribution >= 0.6 is 11.6 Å². The van der Waals surface area contributed by atoms with E-state index in [9.17, 15) is 9.59 Å². The molecular weight excluding hydrogens is 400 g/mol. The Hall–Kier alpha value is -2.73. The predicted molar refractivity (Wildman–Crippen MR) is 123 cm³/mol. The number of hydrogen-bond donors (Lipinski definition) is 2. The van der Waals surface area contributed by atoms with E-state index in [2.05, 4.69) is 15.5 Å². The minimum atomic E-state index is -0.253. The number of benzene rings is 2. The molecule has 1 saturated heterocycles. The molecule has 1 aliphatic rings. The summed E-state index contributed by atoms with van der Waals surface area (Å²) in [5.41, 5.74) is 2.06. The Labute approximate surface area is 183 Å². The molecule has 0 spiro atoms. The van der Waals surface area contributed by atoms with Crippen LogP contribution in [0.3, 0.4) is 0 Å². The lowest BCUT2D eigenvalue weighted by molar-refractivity contribution is 0.0911. The molecule has 2 aromatic carbocycles. The number of piperazine rings is 1. The average molecular weight is 429 g/mol. The van der Waals surface area contributed by atoms with Crippen molar-refractivity contribution in [2.24, 2.45) is 0 Å². The van der Waals surface area contributed by atoms with Crippen molar-refractivity contribution in [3.05, 3.63) is 59.1 Å². The van der Waals surface area contributed by atoms with Crippen LogP contribution in [0, 0.1) is 0 Å². The van der Waals surface area contributed by atoms with E-state index >= 15 is 0 Å². The maximum atomic E-state index is 12.6. The third-order valence-corrected chi connectivity index (χ3v) is 5.71. The standard InChI is InChI=1S/C23H29ClN4O2/c1-4-23(2,3)26-21(29)17-8-10-19(11-9-17)25-22(30)28-14-12-27(13-15-28)20-7-5-6-18(24)16-20/h5-11,16H,4,12-15H2,1-3H3,(H,25,30)(H,26,29). The highest BCUT2D eigenvalue weighted by atomic mass is 35.5. The van der Waals surface area contributed by atoms with Crippen LogP contribution in [-0.2, 0) is 0 Å². The minimum absolute atomic E-state index is 0.114. The first-order valence-corrected chi connectivity index (χ1v) is 10.6. The van der Waals surface area contributed by atoms with Gasteiger partial charge in [-0.1, -0.05) is 24.6 Å². The van der Waals surface area contributed by atoms with E-state index in [4.69, 9.17) is 11.6 Å². The molecule has 0 bridgehead atoms. The molecule has 1 fully saturated rings. The molecule has 0 atom stereocenters. The molecule has 1 aliphatic heterocycles. The molecule has 0 saturated carbocycles. The predicted octanol–water partition coefficient (Wildman–Crippen LogP) is 4.61. The molecule has 7 heteroatoms. The number of anilines is 2. The van der Waals surface area contributed by atoms with Gasteiger partial charge in [-0.05, 0) is 62.7 Å². The molecule has 0 aliphatic carbocycles. The van der Waals surface area contributed by atoms with Crippen molar-refractivity contribution in [2.45, 2.75) is 32.7 Å². The van der Waals surface area contributed by atoms with Gasteiger partial charge in [0.05, 0.1) is 0 Å². The van der Waals surface area contributed by atoms with Gasteiger partial charge in [0.2, 0.25) is 0 Å². The van der Waals surface area contributed by atoms with Crippen molar-refractivity contribution < 1.29 is 9.59 Å². The van der Waals surface area contributed by atoms with Crippen LogP contribution in [0.1, 0.15) is 37.6 Å². The lowest BCUT2D eigenvalue weighted by Crippen LogP contribution is -2.50. The van der Waals surface area contributed by atoms with E-state index in [0.717, 1.165) is 25.2 Å². The Bertz CT molecular complexity index is 890. The highest BCUT2D eigenvalue weighted by Gasteiger charge is 2.22. The first-order valence-electron chi connectivity index (χ1n) is 10.3. The molecule has 0 aromatic heterocycles. The van der Waals surface area contributed by atoms with E-state index in [1.807, 2.05) is 45.0 Å². The minimum Gasteiger partial charge on any atom is -0.368 e. The van der Waals surface area contributed by atoms with Crippen molar-refractivity contribution in [1.82, 2.24) is 10.2 Å². The first-order chi connectivity index (χ1) is 14.3.